The highest BCUT2D eigenvalue weighted by atomic mass is 32.2. The lowest BCUT2D eigenvalue weighted by Gasteiger charge is -2.22. The van der Waals surface area contributed by atoms with Crippen molar-refractivity contribution >= 4 is 10.0 Å². The molecule has 2 rings (SSSR count). The number of rotatable bonds is 5. The Morgan fingerprint density at radius 1 is 1.11 bits per heavy atom. The van der Waals surface area contributed by atoms with Crippen LogP contribution >= 0.6 is 0 Å². The largest absolute Gasteiger partial charge is 0.396 e. The van der Waals surface area contributed by atoms with Crippen molar-refractivity contribution in [1.82, 2.24) is 4.72 Å². The summed E-state index contributed by atoms with van der Waals surface area (Å²) in [6.45, 7) is 0.0758. The fraction of sp³-hybridized carbons (Fsp3) is 0.571. The van der Waals surface area contributed by atoms with E-state index in [1.54, 1.807) is 24.3 Å². The van der Waals surface area contributed by atoms with Crippen LogP contribution in [0.15, 0.2) is 29.2 Å². The lowest BCUT2D eigenvalue weighted by atomic mass is 9.96. The normalized spacial score (nSPS) is 17.5. The summed E-state index contributed by atoms with van der Waals surface area (Å²) in [7, 11) is -3.40. The minimum absolute atomic E-state index is 0.0758. The molecule has 0 aromatic heterocycles. The molecule has 106 valence electrons. The molecule has 1 saturated carbocycles. The summed E-state index contributed by atoms with van der Waals surface area (Å²) in [5.41, 5.74) is 0.944. The Balaban J connectivity index is 2.05. The van der Waals surface area contributed by atoms with Gasteiger partial charge in [0.05, 0.1) is 4.90 Å². The van der Waals surface area contributed by atoms with Gasteiger partial charge in [0.2, 0.25) is 10.0 Å². The molecule has 4 nitrogen and oxygen atoms in total. The van der Waals surface area contributed by atoms with Crippen molar-refractivity contribution in [3.63, 3.8) is 0 Å². The van der Waals surface area contributed by atoms with Crippen molar-refractivity contribution in [2.75, 3.05) is 6.61 Å². The third kappa shape index (κ3) is 4.03. The van der Waals surface area contributed by atoms with Gasteiger partial charge in [-0.15, -0.1) is 0 Å². The summed E-state index contributed by atoms with van der Waals surface area (Å²) < 4.78 is 27.2. The Hall–Kier alpha value is -0.910. The molecule has 1 aromatic carbocycles. The number of hydrogen-bond acceptors (Lipinski definition) is 3. The molecule has 0 aliphatic heterocycles. The third-order valence-electron chi connectivity index (χ3n) is 3.56. The van der Waals surface area contributed by atoms with Crippen LogP contribution in [-0.2, 0) is 16.4 Å². The van der Waals surface area contributed by atoms with Gasteiger partial charge in [0.1, 0.15) is 0 Å². The maximum absolute atomic E-state index is 12.2. The summed E-state index contributed by atoms with van der Waals surface area (Å²) in [4.78, 5) is 0.305. The van der Waals surface area contributed by atoms with E-state index in [4.69, 9.17) is 5.11 Å². The quantitative estimate of drug-likeness (QED) is 0.866. The zero-order valence-corrected chi connectivity index (χ0v) is 11.8. The van der Waals surface area contributed by atoms with Gasteiger partial charge in [-0.05, 0) is 37.0 Å². The van der Waals surface area contributed by atoms with E-state index in [-0.39, 0.29) is 12.6 Å². The van der Waals surface area contributed by atoms with Gasteiger partial charge in [-0.1, -0.05) is 31.4 Å². The van der Waals surface area contributed by atoms with Crippen LogP contribution in [0.4, 0.5) is 0 Å². The van der Waals surface area contributed by atoms with E-state index in [2.05, 4.69) is 4.72 Å². The monoisotopic (exact) mass is 283 g/mol. The summed E-state index contributed by atoms with van der Waals surface area (Å²) >= 11 is 0. The number of benzene rings is 1. The predicted molar refractivity (Wildman–Crippen MR) is 74.4 cm³/mol. The molecule has 0 spiro atoms. The molecule has 0 saturated heterocycles. The summed E-state index contributed by atoms with van der Waals surface area (Å²) in [6, 6.07) is 6.81. The number of hydrogen-bond donors (Lipinski definition) is 2. The molecule has 1 fully saturated rings. The van der Waals surface area contributed by atoms with Crippen LogP contribution in [0.5, 0.6) is 0 Å². The minimum atomic E-state index is -3.40. The Morgan fingerprint density at radius 2 is 1.74 bits per heavy atom. The molecule has 0 radical (unpaired) electrons. The lowest BCUT2D eigenvalue weighted by molar-refractivity contribution is 0.299. The smallest absolute Gasteiger partial charge is 0.240 e. The highest BCUT2D eigenvalue weighted by Gasteiger charge is 2.21. The van der Waals surface area contributed by atoms with Crippen LogP contribution in [0.25, 0.3) is 0 Å². The standard InChI is InChI=1S/C14H21NO3S/c16-11-10-12-6-8-14(9-7-12)19(17,18)15-13-4-2-1-3-5-13/h6-9,13,15-16H,1-5,10-11H2. The highest BCUT2D eigenvalue weighted by Crippen LogP contribution is 2.20. The molecule has 2 N–H and O–H groups in total. The molecule has 0 atom stereocenters. The van der Waals surface area contributed by atoms with Crippen LogP contribution in [0.2, 0.25) is 0 Å². The summed E-state index contributed by atoms with van der Waals surface area (Å²) in [5.74, 6) is 0. The van der Waals surface area contributed by atoms with Gasteiger partial charge in [-0.3, -0.25) is 0 Å². The van der Waals surface area contributed by atoms with Crippen molar-refractivity contribution < 1.29 is 13.5 Å². The van der Waals surface area contributed by atoms with E-state index in [1.807, 2.05) is 0 Å². The fourth-order valence-electron chi connectivity index (χ4n) is 2.47. The minimum Gasteiger partial charge on any atom is -0.396 e. The van der Waals surface area contributed by atoms with Gasteiger partial charge in [0, 0.05) is 12.6 Å². The van der Waals surface area contributed by atoms with Crippen LogP contribution < -0.4 is 4.72 Å². The first-order valence-corrected chi connectivity index (χ1v) is 8.32. The van der Waals surface area contributed by atoms with Crippen LogP contribution in [0.3, 0.4) is 0 Å². The molecule has 1 aliphatic rings. The van der Waals surface area contributed by atoms with Crippen molar-refractivity contribution in [2.24, 2.45) is 0 Å². The highest BCUT2D eigenvalue weighted by molar-refractivity contribution is 7.89. The fourth-order valence-corrected chi connectivity index (χ4v) is 3.78. The van der Waals surface area contributed by atoms with Gasteiger partial charge < -0.3 is 5.11 Å². The second-order valence-electron chi connectivity index (χ2n) is 5.07. The molecule has 5 heteroatoms. The second kappa shape index (κ2) is 6.50. The first-order valence-electron chi connectivity index (χ1n) is 6.84. The molecular formula is C14H21NO3S. The number of aliphatic hydroxyl groups is 1. The van der Waals surface area contributed by atoms with Gasteiger partial charge >= 0.3 is 0 Å². The van der Waals surface area contributed by atoms with Crippen LogP contribution in [-0.4, -0.2) is 26.2 Å². The number of aliphatic hydroxyl groups excluding tert-OH is 1. The molecule has 0 unspecified atom stereocenters. The Bertz CT molecular complexity index is 490. The Kier molecular flexibility index (Phi) is 4.96. The first-order chi connectivity index (χ1) is 9.12. The summed E-state index contributed by atoms with van der Waals surface area (Å²) in [6.07, 6.45) is 5.82. The van der Waals surface area contributed by atoms with Crippen molar-refractivity contribution in [2.45, 2.75) is 49.5 Å². The Labute approximate surface area is 114 Å². The van der Waals surface area contributed by atoms with Gasteiger partial charge in [-0.25, -0.2) is 13.1 Å². The average Bonchev–Trinajstić information content (AvgIpc) is 2.40. The maximum Gasteiger partial charge on any atom is 0.240 e. The first kappa shape index (κ1) is 14.5. The van der Waals surface area contributed by atoms with E-state index >= 15 is 0 Å². The van der Waals surface area contributed by atoms with Crippen LogP contribution in [0, 0.1) is 0 Å². The van der Waals surface area contributed by atoms with Crippen molar-refractivity contribution in [3.8, 4) is 0 Å². The van der Waals surface area contributed by atoms with Gasteiger partial charge in [0.25, 0.3) is 0 Å². The summed E-state index contributed by atoms with van der Waals surface area (Å²) in [5, 5.41) is 8.83. The lowest BCUT2D eigenvalue weighted by Crippen LogP contribution is -2.36. The zero-order valence-electron chi connectivity index (χ0n) is 11.0. The second-order valence-corrected chi connectivity index (χ2v) is 6.79. The van der Waals surface area contributed by atoms with E-state index in [9.17, 15) is 8.42 Å². The van der Waals surface area contributed by atoms with E-state index in [0.29, 0.717) is 11.3 Å². The van der Waals surface area contributed by atoms with Gasteiger partial charge in [-0.2, -0.15) is 0 Å². The molecule has 1 aromatic rings. The molecule has 0 amide bonds. The molecule has 0 bridgehead atoms. The Morgan fingerprint density at radius 3 is 2.32 bits per heavy atom. The third-order valence-corrected chi connectivity index (χ3v) is 5.10. The zero-order chi connectivity index (χ0) is 13.7. The molecule has 0 heterocycles. The average molecular weight is 283 g/mol. The van der Waals surface area contributed by atoms with Gasteiger partial charge in [0.15, 0.2) is 0 Å². The van der Waals surface area contributed by atoms with Crippen LogP contribution in [0.1, 0.15) is 37.7 Å². The SMILES string of the molecule is O=S(=O)(NC1CCCCC1)c1ccc(CCO)cc1. The van der Waals surface area contributed by atoms with Crippen molar-refractivity contribution in [1.29, 1.82) is 0 Å². The van der Waals surface area contributed by atoms with E-state index in [0.717, 1.165) is 31.2 Å². The van der Waals surface area contributed by atoms with E-state index < -0.39 is 10.0 Å². The molecular weight excluding hydrogens is 262 g/mol. The molecule has 1 aliphatic carbocycles. The predicted octanol–water partition coefficient (Wildman–Crippen LogP) is 1.83. The number of sulfonamides is 1. The number of nitrogens with one attached hydrogen (secondary N) is 1. The van der Waals surface area contributed by atoms with E-state index in [1.165, 1.54) is 6.42 Å². The molecule has 19 heavy (non-hydrogen) atoms. The van der Waals surface area contributed by atoms with Crippen molar-refractivity contribution in [3.05, 3.63) is 29.8 Å². The topological polar surface area (TPSA) is 66.4 Å². The maximum atomic E-state index is 12.2.